The van der Waals surface area contributed by atoms with Crippen molar-refractivity contribution < 1.29 is 4.79 Å². The van der Waals surface area contributed by atoms with Crippen molar-refractivity contribution in [2.75, 3.05) is 11.1 Å². The number of hydrogen-bond acceptors (Lipinski definition) is 6. The Morgan fingerprint density at radius 1 is 1.40 bits per heavy atom. The highest BCUT2D eigenvalue weighted by atomic mass is 32.1. The number of anilines is 2. The minimum absolute atomic E-state index is 0.313. The summed E-state index contributed by atoms with van der Waals surface area (Å²) in [7, 11) is 0. The van der Waals surface area contributed by atoms with E-state index < -0.39 is 0 Å². The lowest BCUT2D eigenvalue weighted by Crippen LogP contribution is -2.13. The third-order valence-electron chi connectivity index (χ3n) is 1.73. The molecule has 0 fully saturated rings. The van der Waals surface area contributed by atoms with E-state index in [4.69, 9.17) is 5.73 Å². The van der Waals surface area contributed by atoms with Crippen molar-refractivity contribution in [1.29, 1.82) is 0 Å². The molecule has 2 aromatic rings. The van der Waals surface area contributed by atoms with Crippen LogP contribution in [-0.2, 0) is 0 Å². The summed E-state index contributed by atoms with van der Waals surface area (Å²) in [6.07, 6.45) is 0. The molecule has 6 nitrogen and oxygen atoms in total. The zero-order valence-corrected chi connectivity index (χ0v) is 8.36. The summed E-state index contributed by atoms with van der Waals surface area (Å²) in [5.41, 5.74) is 6.47. The number of para-hydroxylation sites is 1. The van der Waals surface area contributed by atoms with Crippen molar-refractivity contribution in [2.24, 2.45) is 0 Å². The summed E-state index contributed by atoms with van der Waals surface area (Å²) in [4.78, 5) is 11.7. The fourth-order valence-electron chi connectivity index (χ4n) is 1.05. The fraction of sp³-hybridized carbons (Fsp3) is 0. The molecule has 0 aliphatic heterocycles. The van der Waals surface area contributed by atoms with Gasteiger partial charge in [-0.2, -0.15) is 0 Å². The largest absolute Gasteiger partial charge is 0.398 e. The molecule has 0 atom stereocenters. The summed E-state index contributed by atoms with van der Waals surface area (Å²) in [5, 5.41) is 9.85. The van der Waals surface area contributed by atoms with Crippen LogP contribution in [0.3, 0.4) is 0 Å². The van der Waals surface area contributed by atoms with Crippen LogP contribution in [0, 0.1) is 0 Å². The van der Waals surface area contributed by atoms with Crippen LogP contribution in [0.15, 0.2) is 24.3 Å². The van der Waals surface area contributed by atoms with Gasteiger partial charge in [-0.05, 0) is 17.3 Å². The van der Waals surface area contributed by atoms with E-state index in [1.807, 2.05) is 0 Å². The molecule has 15 heavy (non-hydrogen) atoms. The molecule has 0 aliphatic carbocycles. The van der Waals surface area contributed by atoms with Crippen LogP contribution in [0.4, 0.5) is 10.8 Å². The topological polar surface area (TPSA) is 93.8 Å². The Kier molecular flexibility index (Phi) is 2.55. The number of nitrogens with zero attached hydrogens (tertiary/aromatic N) is 3. The van der Waals surface area contributed by atoms with E-state index in [1.54, 1.807) is 24.3 Å². The Morgan fingerprint density at radius 3 is 2.87 bits per heavy atom. The summed E-state index contributed by atoms with van der Waals surface area (Å²) >= 11 is 1.01. The van der Waals surface area contributed by atoms with Gasteiger partial charge in [0, 0.05) is 17.2 Å². The van der Waals surface area contributed by atoms with E-state index in [0.29, 0.717) is 16.4 Å². The smallest absolute Gasteiger partial charge is 0.259 e. The molecule has 1 amide bonds. The van der Waals surface area contributed by atoms with Crippen molar-refractivity contribution in [3.63, 3.8) is 0 Å². The summed E-state index contributed by atoms with van der Waals surface area (Å²) in [6.45, 7) is 0. The first-order chi connectivity index (χ1) is 7.27. The van der Waals surface area contributed by atoms with Gasteiger partial charge in [0.2, 0.25) is 5.13 Å². The van der Waals surface area contributed by atoms with Crippen LogP contribution in [-0.4, -0.2) is 20.7 Å². The van der Waals surface area contributed by atoms with Gasteiger partial charge in [-0.3, -0.25) is 10.1 Å². The summed E-state index contributed by atoms with van der Waals surface area (Å²) < 4.78 is 3.53. The van der Waals surface area contributed by atoms with Gasteiger partial charge in [-0.25, -0.2) is 0 Å². The first-order valence-corrected chi connectivity index (χ1v) is 4.85. The first kappa shape index (κ1) is 9.53. The van der Waals surface area contributed by atoms with Crippen LogP contribution in [0.25, 0.3) is 0 Å². The molecular formula is C8H7N5OS. The predicted octanol–water partition coefficient (Wildman–Crippen LogP) is 0.768. The van der Waals surface area contributed by atoms with Crippen LogP contribution in [0.1, 0.15) is 10.4 Å². The molecule has 0 bridgehead atoms. The minimum Gasteiger partial charge on any atom is -0.398 e. The van der Waals surface area contributed by atoms with Crippen molar-refractivity contribution in [1.82, 2.24) is 14.8 Å². The van der Waals surface area contributed by atoms with Crippen molar-refractivity contribution in [3.05, 3.63) is 29.8 Å². The summed E-state index contributed by atoms with van der Waals surface area (Å²) in [6, 6.07) is 6.80. The number of amides is 1. The molecule has 76 valence electrons. The maximum Gasteiger partial charge on any atom is 0.259 e. The predicted molar refractivity (Wildman–Crippen MR) is 56.5 cm³/mol. The second-order valence-corrected chi connectivity index (χ2v) is 3.44. The Labute approximate surface area is 89.3 Å². The number of rotatable bonds is 2. The molecule has 0 aliphatic rings. The number of nitrogens with two attached hydrogens (primary N) is 1. The lowest BCUT2D eigenvalue weighted by atomic mass is 10.2. The SMILES string of the molecule is Nc1ccccc1C(=O)Nc1nnns1. The van der Waals surface area contributed by atoms with Crippen molar-refractivity contribution in [3.8, 4) is 0 Å². The Hall–Kier alpha value is -2.02. The van der Waals surface area contributed by atoms with Crippen LogP contribution in [0.5, 0.6) is 0 Å². The Bertz CT molecular complexity index is 470. The molecule has 1 aromatic carbocycles. The van der Waals surface area contributed by atoms with E-state index >= 15 is 0 Å². The maximum atomic E-state index is 11.7. The lowest BCUT2D eigenvalue weighted by molar-refractivity contribution is 0.102. The van der Waals surface area contributed by atoms with E-state index in [0.717, 1.165) is 11.5 Å². The van der Waals surface area contributed by atoms with Gasteiger partial charge < -0.3 is 5.73 Å². The zero-order valence-electron chi connectivity index (χ0n) is 7.54. The zero-order chi connectivity index (χ0) is 10.7. The number of aromatic nitrogens is 3. The molecule has 2 rings (SSSR count). The molecule has 0 spiro atoms. The molecule has 0 radical (unpaired) electrons. The van der Waals surface area contributed by atoms with Crippen molar-refractivity contribution in [2.45, 2.75) is 0 Å². The van der Waals surface area contributed by atoms with Gasteiger partial charge >= 0.3 is 0 Å². The lowest BCUT2D eigenvalue weighted by Gasteiger charge is -2.03. The third-order valence-corrected chi connectivity index (χ3v) is 2.24. The molecule has 3 N–H and O–H groups in total. The molecule has 1 heterocycles. The Balaban J connectivity index is 2.19. The first-order valence-electron chi connectivity index (χ1n) is 4.08. The highest BCUT2D eigenvalue weighted by molar-refractivity contribution is 7.09. The Morgan fingerprint density at radius 2 is 2.20 bits per heavy atom. The average Bonchev–Trinajstić information content (AvgIpc) is 2.71. The van der Waals surface area contributed by atoms with E-state index in [1.165, 1.54) is 0 Å². The van der Waals surface area contributed by atoms with Gasteiger partial charge in [0.1, 0.15) is 0 Å². The normalized spacial score (nSPS) is 9.87. The van der Waals surface area contributed by atoms with Crippen molar-refractivity contribution >= 4 is 28.3 Å². The third kappa shape index (κ3) is 2.08. The van der Waals surface area contributed by atoms with Gasteiger partial charge in [-0.1, -0.05) is 21.7 Å². The second-order valence-electron chi connectivity index (χ2n) is 2.71. The van der Waals surface area contributed by atoms with Gasteiger partial charge in [0.25, 0.3) is 5.91 Å². The number of benzene rings is 1. The molecule has 7 heteroatoms. The number of hydrogen-bond donors (Lipinski definition) is 2. The van der Waals surface area contributed by atoms with Crippen LogP contribution in [0.2, 0.25) is 0 Å². The van der Waals surface area contributed by atoms with Gasteiger partial charge in [0.15, 0.2) is 0 Å². The van der Waals surface area contributed by atoms with Crippen LogP contribution >= 0.6 is 11.5 Å². The molecule has 0 unspecified atom stereocenters. The molecular weight excluding hydrogens is 214 g/mol. The van der Waals surface area contributed by atoms with Gasteiger partial charge in [-0.15, -0.1) is 0 Å². The summed E-state index contributed by atoms with van der Waals surface area (Å²) in [5.74, 6) is -0.313. The molecule has 0 saturated carbocycles. The number of carbonyl (C=O) groups is 1. The maximum absolute atomic E-state index is 11.7. The fourth-order valence-corrected chi connectivity index (χ4v) is 1.41. The number of carbonyl (C=O) groups excluding carboxylic acids is 1. The number of nitrogens with one attached hydrogen (secondary N) is 1. The highest BCUT2D eigenvalue weighted by Crippen LogP contribution is 2.13. The quantitative estimate of drug-likeness (QED) is 0.730. The molecule has 0 saturated heterocycles. The highest BCUT2D eigenvalue weighted by Gasteiger charge is 2.10. The van der Waals surface area contributed by atoms with Gasteiger partial charge in [0.05, 0.1) is 5.56 Å². The van der Waals surface area contributed by atoms with E-state index in [-0.39, 0.29) is 5.91 Å². The average molecular weight is 221 g/mol. The standard InChI is InChI=1S/C8H7N5OS/c9-6-4-2-1-3-5(6)7(14)10-8-11-12-13-15-8/h1-4H,9H2,(H,10,11,13,14). The van der Waals surface area contributed by atoms with E-state index in [9.17, 15) is 4.79 Å². The molecule has 1 aromatic heterocycles. The van der Waals surface area contributed by atoms with Crippen LogP contribution < -0.4 is 11.1 Å². The minimum atomic E-state index is -0.313. The number of nitrogen functional groups attached to an aromatic ring is 1. The van der Waals surface area contributed by atoms with E-state index in [2.05, 4.69) is 20.1 Å². The second kappa shape index (κ2) is 4.01. The monoisotopic (exact) mass is 221 g/mol.